The summed E-state index contributed by atoms with van der Waals surface area (Å²) in [6, 6.07) is 13.4. The first-order chi connectivity index (χ1) is 13.5. The van der Waals surface area contributed by atoms with Gasteiger partial charge >= 0.3 is 5.97 Å². The first-order valence-corrected chi connectivity index (χ1v) is 9.56. The molecule has 28 heavy (non-hydrogen) atoms. The Hall–Kier alpha value is -3.45. The number of carbonyl (C=O) groups is 1. The van der Waals surface area contributed by atoms with Crippen molar-refractivity contribution in [2.45, 2.75) is 13.5 Å². The SMILES string of the molecule is Cc1cccc2c1nc1s/c(=C/c3cn(CC(=O)O)c4ccccc34)c(=O)n12. The fourth-order valence-electron chi connectivity index (χ4n) is 3.63. The van der Waals surface area contributed by atoms with Gasteiger partial charge in [-0.1, -0.05) is 41.7 Å². The van der Waals surface area contributed by atoms with Crippen molar-refractivity contribution in [1.29, 1.82) is 0 Å². The zero-order valence-corrected chi connectivity index (χ0v) is 15.7. The highest BCUT2D eigenvalue weighted by Gasteiger charge is 2.14. The molecular formula is C21H15N3O3S. The molecule has 0 fully saturated rings. The lowest BCUT2D eigenvalue weighted by Gasteiger charge is -1.99. The van der Waals surface area contributed by atoms with E-state index >= 15 is 0 Å². The Morgan fingerprint density at radius 3 is 2.79 bits per heavy atom. The second kappa shape index (κ2) is 6.03. The number of aromatic nitrogens is 3. The van der Waals surface area contributed by atoms with Gasteiger partial charge in [-0.15, -0.1) is 0 Å². The average Bonchev–Trinajstić information content (AvgIpc) is 3.29. The molecule has 0 atom stereocenters. The number of hydrogen-bond donors (Lipinski definition) is 1. The van der Waals surface area contributed by atoms with Gasteiger partial charge in [0.15, 0.2) is 4.96 Å². The summed E-state index contributed by atoms with van der Waals surface area (Å²) in [5, 5.41) is 10.1. The van der Waals surface area contributed by atoms with Crippen LogP contribution in [0.4, 0.5) is 0 Å². The van der Waals surface area contributed by atoms with Crippen LogP contribution in [0, 0.1) is 6.92 Å². The van der Waals surface area contributed by atoms with Crippen LogP contribution in [0.15, 0.2) is 53.5 Å². The molecule has 0 aliphatic carbocycles. The number of aryl methyl sites for hydroxylation is 1. The van der Waals surface area contributed by atoms with Crippen LogP contribution in [0.2, 0.25) is 0 Å². The first-order valence-electron chi connectivity index (χ1n) is 8.75. The van der Waals surface area contributed by atoms with E-state index in [1.54, 1.807) is 15.2 Å². The van der Waals surface area contributed by atoms with E-state index in [2.05, 4.69) is 4.98 Å². The van der Waals surface area contributed by atoms with Crippen LogP contribution in [0.3, 0.4) is 0 Å². The number of aliphatic carboxylic acids is 1. The van der Waals surface area contributed by atoms with Crippen molar-refractivity contribution < 1.29 is 9.90 Å². The second-order valence-electron chi connectivity index (χ2n) is 6.71. The van der Waals surface area contributed by atoms with E-state index in [1.165, 1.54) is 11.3 Å². The van der Waals surface area contributed by atoms with E-state index < -0.39 is 5.97 Å². The summed E-state index contributed by atoms with van der Waals surface area (Å²) < 4.78 is 3.91. The maximum atomic E-state index is 13.0. The van der Waals surface area contributed by atoms with Gasteiger partial charge in [0.05, 0.1) is 15.6 Å². The van der Waals surface area contributed by atoms with E-state index in [1.807, 2.05) is 55.5 Å². The molecule has 6 nitrogen and oxygen atoms in total. The minimum absolute atomic E-state index is 0.108. The fraction of sp³-hybridized carbons (Fsp3) is 0.0952. The predicted octanol–water partition coefficient (Wildman–Crippen LogP) is 2.80. The number of rotatable bonds is 3. The van der Waals surface area contributed by atoms with E-state index in [9.17, 15) is 9.59 Å². The number of benzene rings is 2. The van der Waals surface area contributed by atoms with Gasteiger partial charge in [0, 0.05) is 22.7 Å². The van der Waals surface area contributed by atoms with Gasteiger partial charge in [0.25, 0.3) is 5.56 Å². The molecule has 0 saturated carbocycles. The molecule has 5 aromatic rings. The highest BCUT2D eigenvalue weighted by molar-refractivity contribution is 7.15. The number of para-hydroxylation sites is 2. The zero-order chi connectivity index (χ0) is 19.4. The quantitative estimate of drug-likeness (QED) is 0.515. The number of nitrogens with zero attached hydrogens (tertiary/aromatic N) is 3. The molecule has 3 aromatic heterocycles. The smallest absolute Gasteiger partial charge is 0.323 e. The van der Waals surface area contributed by atoms with Crippen molar-refractivity contribution in [2.24, 2.45) is 0 Å². The van der Waals surface area contributed by atoms with Crippen molar-refractivity contribution in [3.05, 3.63) is 74.7 Å². The number of fused-ring (bicyclic) bond motifs is 4. The Kier molecular flexibility index (Phi) is 3.60. The third-order valence-corrected chi connectivity index (χ3v) is 5.85. The molecule has 0 radical (unpaired) electrons. The van der Waals surface area contributed by atoms with Gasteiger partial charge in [0.1, 0.15) is 6.54 Å². The number of carboxylic acids is 1. The summed E-state index contributed by atoms with van der Waals surface area (Å²) >= 11 is 1.34. The third kappa shape index (κ3) is 2.44. The van der Waals surface area contributed by atoms with Gasteiger partial charge < -0.3 is 9.67 Å². The summed E-state index contributed by atoms with van der Waals surface area (Å²) in [6.45, 7) is 1.85. The average molecular weight is 389 g/mol. The van der Waals surface area contributed by atoms with Crippen LogP contribution in [0.25, 0.3) is 33.0 Å². The van der Waals surface area contributed by atoms with Crippen molar-refractivity contribution >= 4 is 50.3 Å². The summed E-state index contributed by atoms with van der Waals surface area (Å²) in [7, 11) is 0. The first kappa shape index (κ1) is 16.7. The number of hydrogen-bond acceptors (Lipinski definition) is 4. The predicted molar refractivity (Wildman–Crippen MR) is 110 cm³/mol. The molecule has 138 valence electrons. The van der Waals surface area contributed by atoms with Gasteiger partial charge in [-0.25, -0.2) is 9.38 Å². The third-order valence-electron chi connectivity index (χ3n) is 4.88. The van der Waals surface area contributed by atoms with Gasteiger partial charge in [-0.3, -0.25) is 9.59 Å². The Labute approximate surface area is 162 Å². The maximum Gasteiger partial charge on any atom is 0.323 e. The molecule has 0 aliphatic rings. The molecule has 7 heteroatoms. The van der Waals surface area contributed by atoms with Gasteiger partial charge in [0.2, 0.25) is 0 Å². The zero-order valence-electron chi connectivity index (χ0n) is 14.9. The second-order valence-corrected chi connectivity index (χ2v) is 7.72. The molecular weight excluding hydrogens is 374 g/mol. The Balaban J connectivity index is 1.77. The van der Waals surface area contributed by atoms with Crippen molar-refractivity contribution in [2.75, 3.05) is 0 Å². The standard InChI is InChI=1S/C21H15N3O3S/c1-12-5-4-8-16-19(12)22-21-24(16)20(27)17(28-21)9-13-10-23(11-18(25)26)15-7-3-2-6-14(13)15/h2-10H,11H2,1H3,(H,25,26)/b17-9+. The highest BCUT2D eigenvalue weighted by atomic mass is 32.1. The van der Waals surface area contributed by atoms with Crippen LogP contribution in [0.5, 0.6) is 0 Å². The number of imidazole rings is 1. The molecule has 5 rings (SSSR count). The minimum atomic E-state index is -0.909. The maximum absolute atomic E-state index is 13.0. The number of thiazole rings is 1. The van der Waals surface area contributed by atoms with Crippen LogP contribution in [-0.2, 0) is 11.3 Å². The summed E-state index contributed by atoms with van der Waals surface area (Å²) in [4.78, 5) is 29.5. The highest BCUT2D eigenvalue weighted by Crippen LogP contribution is 2.23. The molecule has 0 bridgehead atoms. The molecule has 3 heterocycles. The normalized spacial score (nSPS) is 12.5. The largest absolute Gasteiger partial charge is 0.480 e. The molecule has 0 aliphatic heterocycles. The van der Waals surface area contributed by atoms with E-state index in [0.29, 0.717) is 9.49 Å². The van der Waals surface area contributed by atoms with E-state index in [4.69, 9.17) is 5.11 Å². The fourth-order valence-corrected chi connectivity index (χ4v) is 4.60. The lowest BCUT2D eigenvalue weighted by molar-refractivity contribution is -0.137. The van der Waals surface area contributed by atoms with Crippen LogP contribution in [-0.4, -0.2) is 25.0 Å². The summed E-state index contributed by atoms with van der Waals surface area (Å²) in [5.41, 5.74) is 4.22. The summed E-state index contributed by atoms with van der Waals surface area (Å²) in [6.07, 6.45) is 3.60. The van der Waals surface area contributed by atoms with Crippen LogP contribution in [0.1, 0.15) is 11.1 Å². The monoisotopic (exact) mass is 389 g/mol. The molecule has 0 spiro atoms. The van der Waals surface area contributed by atoms with Crippen LogP contribution >= 0.6 is 11.3 Å². The Morgan fingerprint density at radius 1 is 1.18 bits per heavy atom. The van der Waals surface area contributed by atoms with E-state index in [-0.39, 0.29) is 12.1 Å². The lowest BCUT2D eigenvalue weighted by atomic mass is 10.2. The van der Waals surface area contributed by atoms with E-state index in [0.717, 1.165) is 33.1 Å². The van der Waals surface area contributed by atoms with Crippen LogP contribution < -0.4 is 10.1 Å². The molecule has 0 unspecified atom stereocenters. The molecule has 0 saturated heterocycles. The molecule has 2 aromatic carbocycles. The lowest BCUT2D eigenvalue weighted by Crippen LogP contribution is -2.22. The molecule has 1 N–H and O–H groups in total. The minimum Gasteiger partial charge on any atom is -0.480 e. The van der Waals surface area contributed by atoms with Crippen molar-refractivity contribution in [3.63, 3.8) is 0 Å². The van der Waals surface area contributed by atoms with Crippen molar-refractivity contribution in [3.8, 4) is 0 Å². The Morgan fingerprint density at radius 2 is 1.96 bits per heavy atom. The van der Waals surface area contributed by atoms with Crippen molar-refractivity contribution in [1.82, 2.24) is 14.0 Å². The topological polar surface area (TPSA) is 76.6 Å². The van der Waals surface area contributed by atoms with Gasteiger partial charge in [-0.2, -0.15) is 0 Å². The number of carboxylic acid groups (broad SMARTS) is 1. The summed E-state index contributed by atoms with van der Waals surface area (Å²) in [5.74, 6) is -0.909. The van der Waals surface area contributed by atoms with Gasteiger partial charge in [-0.05, 0) is 30.7 Å². The Bertz CT molecular complexity index is 1510. The molecule has 0 amide bonds.